The van der Waals surface area contributed by atoms with Crippen LogP contribution in [0.15, 0.2) is 43.4 Å². The van der Waals surface area contributed by atoms with Crippen LogP contribution in [0.25, 0.3) is 45.1 Å². The molecule has 0 saturated carbocycles. The van der Waals surface area contributed by atoms with E-state index >= 15 is 0 Å². The normalized spacial score (nSPS) is 16.4. The molecule has 6 aliphatic heterocycles. The first-order chi connectivity index (χ1) is 27.5. The standard InChI is InChI=1S/C20H26N6O4S.C19H24N6O2/c1-12-10-15-16(11-13(12)2)26(18-17(21-15)19(27)23-20(28)22-18)9-8-25-6-4-14(5-7-25)24-31(3,29)30;1-11-9-14-15(10-12(11)2)25(8-7-24-5-3-13(20)4-6-24)17-16(21-14)18(26)23-19(27)22-17/h10-11,14,24H,4-9H2,1-3H3,(H,23,27,28);9-10,13H,3-8,20H2,1-2H3,(H,23,26,27). The zero-order valence-corrected chi connectivity index (χ0v) is 34.3. The smallest absolute Gasteiger partial charge is 0.328 e. The molecule has 6 heterocycles. The monoisotopic (exact) mass is 814 g/mol. The molecular formula is C39H50N12O6S. The molecule has 6 aliphatic rings. The lowest BCUT2D eigenvalue weighted by Crippen LogP contribution is -2.45. The summed E-state index contributed by atoms with van der Waals surface area (Å²) in [7, 11) is -3.21. The van der Waals surface area contributed by atoms with Crippen LogP contribution in [0.5, 0.6) is 0 Å². The number of nitrogens with one attached hydrogen (secondary N) is 3. The van der Waals surface area contributed by atoms with E-state index in [-0.39, 0.29) is 29.3 Å². The SMILES string of the molecule is Cc1cc2nc3c(=O)[nH]c(=O)nc-3n(CCN3CCC(N)CC3)c2cc1C.Cc1cc2nc3c(=O)[nH]c(=O)nc-3n(CCN3CCC(NS(C)(=O)=O)CC3)c2cc1C. The highest BCUT2D eigenvalue weighted by atomic mass is 32.2. The van der Waals surface area contributed by atoms with Gasteiger partial charge in [-0.05, 0) is 126 Å². The number of sulfonamides is 1. The van der Waals surface area contributed by atoms with Gasteiger partial charge in [0.1, 0.15) is 0 Å². The highest BCUT2D eigenvalue weighted by Gasteiger charge is 2.25. The second-order valence-electron chi connectivity index (χ2n) is 15.6. The van der Waals surface area contributed by atoms with Gasteiger partial charge in [0.05, 0.1) is 28.3 Å². The number of fused-ring (bicyclic) bond motifs is 4. The van der Waals surface area contributed by atoms with Crippen molar-refractivity contribution in [2.75, 3.05) is 45.5 Å². The lowest BCUT2D eigenvalue weighted by molar-refractivity contribution is 0.201. The van der Waals surface area contributed by atoms with E-state index in [9.17, 15) is 27.6 Å². The lowest BCUT2D eigenvalue weighted by Gasteiger charge is -2.32. The topological polar surface area (TPSA) is 240 Å². The van der Waals surface area contributed by atoms with Crippen LogP contribution in [0.1, 0.15) is 47.9 Å². The Morgan fingerprint density at radius 2 is 1.03 bits per heavy atom. The van der Waals surface area contributed by atoms with E-state index in [1.54, 1.807) is 0 Å². The highest BCUT2D eigenvalue weighted by Crippen LogP contribution is 2.26. The van der Waals surface area contributed by atoms with Crippen LogP contribution in [0, 0.1) is 27.7 Å². The van der Waals surface area contributed by atoms with Gasteiger partial charge < -0.3 is 24.7 Å². The van der Waals surface area contributed by atoms with E-state index in [1.165, 1.54) is 6.26 Å². The molecule has 0 aliphatic carbocycles. The predicted molar refractivity (Wildman–Crippen MR) is 222 cm³/mol. The molecule has 18 nitrogen and oxygen atoms in total. The first-order valence-corrected chi connectivity index (χ1v) is 21.4. The fraction of sp³-hybridized carbons (Fsp3) is 0.487. The second kappa shape index (κ2) is 16.6. The van der Waals surface area contributed by atoms with Gasteiger partial charge in [-0.1, -0.05) is 0 Å². The summed E-state index contributed by atoms with van der Waals surface area (Å²) in [6, 6.07) is 8.21. The summed E-state index contributed by atoms with van der Waals surface area (Å²) in [5, 5.41) is 0. The molecule has 8 rings (SSSR count). The highest BCUT2D eigenvalue weighted by molar-refractivity contribution is 7.88. The molecule has 0 amide bonds. The summed E-state index contributed by atoms with van der Waals surface area (Å²) < 4.78 is 29.4. The molecule has 5 N–H and O–H groups in total. The maximum Gasteiger partial charge on any atom is 0.349 e. The van der Waals surface area contributed by atoms with Crippen LogP contribution in [-0.2, 0) is 23.1 Å². The zero-order valence-electron chi connectivity index (χ0n) is 33.5. The van der Waals surface area contributed by atoms with Crippen molar-refractivity contribution in [3.8, 4) is 23.0 Å². The molecule has 2 aromatic rings. The Morgan fingerprint density at radius 3 is 1.45 bits per heavy atom. The maximum absolute atomic E-state index is 12.4. The molecule has 2 aromatic carbocycles. The summed E-state index contributed by atoms with van der Waals surface area (Å²) in [6.07, 6.45) is 4.62. The fourth-order valence-electron chi connectivity index (χ4n) is 7.79. The van der Waals surface area contributed by atoms with Gasteiger partial charge in [0.15, 0.2) is 23.0 Å². The number of aryl methyl sites for hydroxylation is 4. The van der Waals surface area contributed by atoms with E-state index in [1.807, 2.05) is 55.0 Å². The first-order valence-electron chi connectivity index (χ1n) is 19.5. The van der Waals surface area contributed by atoms with Gasteiger partial charge in [0.25, 0.3) is 11.1 Å². The minimum Gasteiger partial charge on any atom is -0.328 e. The van der Waals surface area contributed by atoms with E-state index in [2.05, 4.69) is 50.5 Å². The van der Waals surface area contributed by atoms with Gasteiger partial charge in [-0.3, -0.25) is 19.6 Å². The van der Waals surface area contributed by atoms with Crippen LogP contribution < -0.4 is 33.0 Å². The van der Waals surface area contributed by atoms with Crippen molar-refractivity contribution in [3.63, 3.8) is 0 Å². The molecule has 0 unspecified atom stereocenters. The minimum atomic E-state index is -3.21. The quantitative estimate of drug-likeness (QED) is 0.156. The summed E-state index contributed by atoms with van der Waals surface area (Å²) >= 11 is 0. The number of piperidine rings is 2. The summed E-state index contributed by atoms with van der Waals surface area (Å²) in [5.74, 6) is 0.617. The van der Waals surface area contributed by atoms with Gasteiger partial charge >= 0.3 is 11.4 Å². The Labute approximate surface area is 334 Å². The number of rotatable bonds is 8. The number of hydrogen-bond donors (Lipinski definition) is 4. The van der Waals surface area contributed by atoms with E-state index < -0.39 is 32.5 Å². The number of benzene rings is 2. The third-order valence-corrected chi connectivity index (χ3v) is 12.1. The van der Waals surface area contributed by atoms with Gasteiger partial charge in [-0.15, -0.1) is 0 Å². The average Bonchev–Trinajstić information content (AvgIpc) is 3.15. The van der Waals surface area contributed by atoms with Crippen molar-refractivity contribution in [3.05, 3.63) is 88.2 Å². The number of H-pyrrole nitrogens is 2. The van der Waals surface area contributed by atoms with Crippen molar-refractivity contribution >= 4 is 32.1 Å². The van der Waals surface area contributed by atoms with Crippen molar-refractivity contribution in [1.82, 2.24) is 53.6 Å². The Hall–Kier alpha value is -5.21. The van der Waals surface area contributed by atoms with Gasteiger partial charge in [-0.2, -0.15) is 9.97 Å². The van der Waals surface area contributed by atoms with Gasteiger partial charge in [0.2, 0.25) is 10.0 Å². The van der Waals surface area contributed by atoms with Crippen molar-refractivity contribution in [2.45, 2.75) is 78.6 Å². The maximum atomic E-state index is 12.4. The summed E-state index contributed by atoms with van der Waals surface area (Å²) in [4.78, 5) is 74.5. The Morgan fingerprint density at radius 1 is 0.638 bits per heavy atom. The molecule has 19 heteroatoms. The average molecular weight is 815 g/mol. The molecule has 0 atom stereocenters. The molecule has 0 bridgehead atoms. The van der Waals surface area contributed by atoms with Crippen LogP contribution >= 0.6 is 0 Å². The van der Waals surface area contributed by atoms with E-state index in [0.717, 1.165) is 97.2 Å². The number of hydrogen-bond acceptors (Lipinski definition) is 13. The molecular weight excluding hydrogens is 765 g/mol. The van der Waals surface area contributed by atoms with Crippen molar-refractivity contribution < 1.29 is 8.42 Å². The van der Waals surface area contributed by atoms with Crippen LogP contribution in [0.2, 0.25) is 0 Å². The third kappa shape index (κ3) is 9.07. The molecule has 0 radical (unpaired) electrons. The zero-order chi connectivity index (χ0) is 41.5. The third-order valence-electron chi connectivity index (χ3n) is 11.3. The summed E-state index contributed by atoms with van der Waals surface area (Å²) in [6.45, 7) is 14.1. The van der Waals surface area contributed by atoms with Gasteiger partial charge in [-0.25, -0.2) is 32.7 Å². The molecule has 308 valence electrons. The minimum absolute atomic E-state index is 0.0460. The van der Waals surface area contributed by atoms with Crippen LogP contribution in [0.3, 0.4) is 0 Å². The number of aromatic nitrogens is 8. The largest absolute Gasteiger partial charge is 0.349 e. The Kier molecular flexibility index (Phi) is 11.7. The molecule has 58 heavy (non-hydrogen) atoms. The second-order valence-corrected chi connectivity index (χ2v) is 17.4. The Balaban J connectivity index is 0.000000178. The molecule has 2 fully saturated rings. The lowest BCUT2D eigenvalue weighted by atomic mass is 10.1. The number of likely N-dealkylation sites (tertiary alicyclic amines) is 2. The Bertz CT molecular complexity index is 2780. The number of aromatic amines is 2. The van der Waals surface area contributed by atoms with Crippen molar-refractivity contribution in [1.29, 1.82) is 0 Å². The molecule has 2 saturated heterocycles. The molecule has 0 spiro atoms. The first kappa shape index (κ1) is 41.0. The molecule has 0 aromatic heterocycles. The van der Waals surface area contributed by atoms with E-state index in [4.69, 9.17) is 5.73 Å². The fourth-order valence-corrected chi connectivity index (χ4v) is 8.63. The van der Waals surface area contributed by atoms with Crippen molar-refractivity contribution in [2.24, 2.45) is 5.73 Å². The summed E-state index contributed by atoms with van der Waals surface area (Å²) in [5.41, 5.74) is 11.5. The van der Waals surface area contributed by atoms with Crippen LogP contribution in [-0.4, -0.2) is 115 Å². The predicted octanol–water partition coefficient (Wildman–Crippen LogP) is 0.840. The number of nitrogens with two attached hydrogens (primary N) is 1. The number of nitrogens with zero attached hydrogens (tertiary/aromatic N) is 8. The van der Waals surface area contributed by atoms with E-state index in [0.29, 0.717) is 31.0 Å². The van der Waals surface area contributed by atoms with Gasteiger partial charge in [0, 0.05) is 38.3 Å². The van der Waals surface area contributed by atoms with Crippen LogP contribution in [0.4, 0.5) is 0 Å².